The Balaban J connectivity index is 1.64. The van der Waals surface area contributed by atoms with Crippen molar-refractivity contribution in [3.8, 4) is 5.75 Å². The van der Waals surface area contributed by atoms with Crippen molar-refractivity contribution in [1.82, 2.24) is 9.55 Å². The summed E-state index contributed by atoms with van der Waals surface area (Å²) in [7, 11) is 1.63. The fraction of sp³-hybridized carbons (Fsp3) is 0.231. The average Bonchev–Trinajstić information content (AvgIpc) is 3.20. The summed E-state index contributed by atoms with van der Waals surface area (Å²) in [5, 5.41) is 0.660. The van der Waals surface area contributed by atoms with Crippen molar-refractivity contribution in [2.45, 2.75) is 30.8 Å². The van der Waals surface area contributed by atoms with E-state index < -0.39 is 17.6 Å². The predicted molar refractivity (Wildman–Crippen MR) is 128 cm³/mol. The highest BCUT2D eigenvalue weighted by Crippen LogP contribution is 2.29. The Labute approximate surface area is 200 Å². The first-order valence-electron chi connectivity index (χ1n) is 10.9. The number of esters is 1. The lowest BCUT2D eigenvalue weighted by atomic mass is 10.1. The summed E-state index contributed by atoms with van der Waals surface area (Å²) in [6.45, 7) is 2.66. The molecule has 3 aromatic carbocycles. The summed E-state index contributed by atoms with van der Waals surface area (Å²) in [6, 6.07) is 17.2. The van der Waals surface area contributed by atoms with E-state index in [2.05, 4.69) is 0 Å². The van der Waals surface area contributed by atoms with Gasteiger partial charge in [0, 0.05) is 17.9 Å². The number of aryl methyl sites for hydroxylation is 2. The van der Waals surface area contributed by atoms with E-state index in [1.54, 1.807) is 32.2 Å². The molecule has 0 bridgehead atoms. The molecule has 8 heteroatoms. The lowest BCUT2D eigenvalue weighted by Crippen LogP contribution is -2.05. The number of hydrogen-bond acceptors (Lipinski definition) is 5. The second-order valence-electron chi connectivity index (χ2n) is 7.57. The number of halogens is 2. The summed E-state index contributed by atoms with van der Waals surface area (Å²) < 4.78 is 40.2. The number of imidazole rings is 1. The van der Waals surface area contributed by atoms with Crippen LogP contribution in [0.15, 0.2) is 65.8 Å². The highest BCUT2D eigenvalue weighted by atomic mass is 32.2. The number of rotatable bonds is 9. The van der Waals surface area contributed by atoms with Crippen molar-refractivity contribution < 1.29 is 23.0 Å². The summed E-state index contributed by atoms with van der Waals surface area (Å²) in [5.74, 6) is -1.12. The number of aromatic nitrogens is 2. The topological polar surface area (TPSA) is 53.3 Å². The van der Waals surface area contributed by atoms with Gasteiger partial charge in [-0.05, 0) is 55.3 Å². The number of methoxy groups -OCH3 is 1. The van der Waals surface area contributed by atoms with Gasteiger partial charge in [0.2, 0.25) is 0 Å². The summed E-state index contributed by atoms with van der Waals surface area (Å²) in [6.07, 6.45) is 0.733. The molecule has 0 saturated heterocycles. The molecule has 0 amide bonds. The monoisotopic (exact) mass is 482 g/mol. The molecular weight excluding hydrogens is 458 g/mol. The van der Waals surface area contributed by atoms with Gasteiger partial charge in [0.05, 0.1) is 30.3 Å². The third-order valence-corrected chi connectivity index (χ3v) is 6.42. The van der Waals surface area contributed by atoms with Gasteiger partial charge >= 0.3 is 5.97 Å². The molecule has 0 aliphatic rings. The van der Waals surface area contributed by atoms with Crippen LogP contribution in [-0.2, 0) is 23.5 Å². The molecule has 0 atom stereocenters. The zero-order valence-corrected chi connectivity index (χ0v) is 19.7. The predicted octanol–water partition coefficient (Wildman–Crippen LogP) is 6.03. The van der Waals surface area contributed by atoms with Gasteiger partial charge in [0.15, 0.2) is 16.8 Å². The van der Waals surface area contributed by atoms with Crippen LogP contribution in [0.3, 0.4) is 0 Å². The number of carbonyl (C=O) groups excluding carboxylic acids is 1. The zero-order chi connectivity index (χ0) is 24.1. The molecule has 0 radical (unpaired) electrons. The Morgan fingerprint density at radius 3 is 2.62 bits per heavy atom. The number of fused-ring (bicyclic) bond motifs is 1. The van der Waals surface area contributed by atoms with Crippen LogP contribution in [0.5, 0.6) is 5.75 Å². The lowest BCUT2D eigenvalue weighted by Gasteiger charge is -2.10. The maximum atomic E-state index is 14.2. The fourth-order valence-electron chi connectivity index (χ4n) is 3.61. The van der Waals surface area contributed by atoms with Crippen molar-refractivity contribution in [3.63, 3.8) is 0 Å². The van der Waals surface area contributed by atoms with Crippen molar-refractivity contribution in [2.75, 3.05) is 13.7 Å². The maximum Gasteiger partial charge on any atom is 0.338 e. The van der Waals surface area contributed by atoms with Gasteiger partial charge in [-0.15, -0.1) is 0 Å². The molecule has 0 unspecified atom stereocenters. The standard InChI is InChI=1S/C26H24F2N2O3S/c1-3-33-25(31)18-9-12-23-22(15-18)29-26(34-16-19-5-4-6-21(27)24(19)28)30(23)14-13-17-7-10-20(32-2)11-8-17/h4-12,15H,3,13-14,16H2,1-2H3. The minimum Gasteiger partial charge on any atom is -0.497 e. The normalized spacial score (nSPS) is 11.1. The number of benzene rings is 3. The first-order valence-corrected chi connectivity index (χ1v) is 11.8. The Bertz CT molecular complexity index is 1310. The van der Waals surface area contributed by atoms with Crippen LogP contribution >= 0.6 is 11.8 Å². The number of nitrogens with zero attached hydrogens (tertiary/aromatic N) is 2. The highest BCUT2D eigenvalue weighted by molar-refractivity contribution is 7.98. The number of thioether (sulfide) groups is 1. The van der Waals surface area contributed by atoms with Gasteiger partial charge in [-0.3, -0.25) is 0 Å². The fourth-order valence-corrected chi connectivity index (χ4v) is 4.63. The van der Waals surface area contributed by atoms with Crippen LogP contribution in [0.2, 0.25) is 0 Å². The molecule has 1 aromatic heterocycles. The SMILES string of the molecule is CCOC(=O)c1ccc2c(c1)nc(SCc1cccc(F)c1F)n2CCc1ccc(OC)cc1. The molecule has 1 heterocycles. The highest BCUT2D eigenvalue weighted by Gasteiger charge is 2.16. The number of hydrogen-bond donors (Lipinski definition) is 0. The van der Waals surface area contributed by atoms with Crippen LogP contribution in [0.1, 0.15) is 28.4 Å². The van der Waals surface area contributed by atoms with Crippen LogP contribution in [0.25, 0.3) is 11.0 Å². The summed E-state index contributed by atoms with van der Waals surface area (Å²) >= 11 is 1.32. The van der Waals surface area contributed by atoms with E-state index >= 15 is 0 Å². The third kappa shape index (κ3) is 5.22. The van der Waals surface area contributed by atoms with Crippen molar-refractivity contribution in [3.05, 3.63) is 89.0 Å². The van der Waals surface area contributed by atoms with Gasteiger partial charge in [-0.2, -0.15) is 0 Å². The second-order valence-corrected chi connectivity index (χ2v) is 8.51. The Kier molecular flexibility index (Phi) is 7.47. The van der Waals surface area contributed by atoms with Crippen molar-refractivity contribution in [2.24, 2.45) is 0 Å². The molecule has 34 heavy (non-hydrogen) atoms. The Hall–Kier alpha value is -3.39. The van der Waals surface area contributed by atoms with Gasteiger partial charge < -0.3 is 14.0 Å². The minimum absolute atomic E-state index is 0.222. The van der Waals surface area contributed by atoms with Crippen molar-refractivity contribution in [1.29, 1.82) is 0 Å². The molecule has 176 valence electrons. The molecule has 0 spiro atoms. The molecule has 0 fully saturated rings. The maximum absolute atomic E-state index is 14.2. The third-order valence-electron chi connectivity index (χ3n) is 5.40. The van der Waals surface area contributed by atoms with Crippen LogP contribution in [0, 0.1) is 11.6 Å². The van der Waals surface area contributed by atoms with Crippen LogP contribution in [0.4, 0.5) is 8.78 Å². The first kappa shape index (κ1) is 23.8. The molecule has 0 saturated carbocycles. The van der Waals surface area contributed by atoms with E-state index in [9.17, 15) is 13.6 Å². The average molecular weight is 483 g/mol. The Morgan fingerprint density at radius 1 is 1.09 bits per heavy atom. The molecule has 0 aliphatic carbocycles. The van der Waals surface area contributed by atoms with Crippen LogP contribution < -0.4 is 4.74 Å². The molecular formula is C26H24F2N2O3S. The Morgan fingerprint density at radius 2 is 1.88 bits per heavy atom. The van der Waals surface area contributed by atoms with E-state index in [0.717, 1.165) is 29.3 Å². The molecule has 0 aliphatic heterocycles. The minimum atomic E-state index is -0.870. The molecule has 4 aromatic rings. The molecule has 0 N–H and O–H groups in total. The molecule has 5 nitrogen and oxygen atoms in total. The summed E-state index contributed by atoms with van der Waals surface area (Å²) in [5.41, 5.74) is 3.30. The van der Waals surface area contributed by atoms with E-state index in [4.69, 9.17) is 14.5 Å². The van der Waals surface area contributed by atoms with E-state index in [1.165, 1.54) is 17.8 Å². The number of carbonyl (C=O) groups is 1. The van der Waals surface area contributed by atoms with Gasteiger partial charge in [0.1, 0.15) is 5.75 Å². The summed E-state index contributed by atoms with van der Waals surface area (Å²) in [4.78, 5) is 16.9. The van der Waals surface area contributed by atoms with E-state index in [0.29, 0.717) is 22.8 Å². The van der Waals surface area contributed by atoms with Gasteiger partial charge in [-0.1, -0.05) is 36.0 Å². The van der Waals surface area contributed by atoms with Crippen molar-refractivity contribution >= 4 is 28.8 Å². The van der Waals surface area contributed by atoms with Gasteiger partial charge in [-0.25, -0.2) is 18.6 Å². The smallest absolute Gasteiger partial charge is 0.338 e. The van der Waals surface area contributed by atoms with E-state index in [-0.39, 0.29) is 17.9 Å². The van der Waals surface area contributed by atoms with Gasteiger partial charge in [0.25, 0.3) is 0 Å². The lowest BCUT2D eigenvalue weighted by molar-refractivity contribution is 0.0526. The second kappa shape index (κ2) is 10.7. The first-order chi connectivity index (χ1) is 16.5. The van der Waals surface area contributed by atoms with Crippen LogP contribution in [-0.4, -0.2) is 29.2 Å². The van der Waals surface area contributed by atoms with E-state index in [1.807, 2.05) is 34.9 Å². The largest absolute Gasteiger partial charge is 0.497 e. The number of ether oxygens (including phenoxy) is 2. The quantitative estimate of drug-likeness (QED) is 0.215. The molecule has 4 rings (SSSR count). The zero-order valence-electron chi connectivity index (χ0n) is 18.9.